The topological polar surface area (TPSA) is 44.4 Å². The molecule has 0 saturated carbocycles. The van der Waals surface area contributed by atoms with Crippen LogP contribution in [0.15, 0.2) is 42.5 Å². The van der Waals surface area contributed by atoms with Crippen molar-refractivity contribution < 1.29 is 4.79 Å². The van der Waals surface area contributed by atoms with E-state index < -0.39 is 0 Å². The van der Waals surface area contributed by atoms with Crippen LogP contribution in [-0.2, 0) is 17.6 Å². The van der Waals surface area contributed by atoms with Crippen molar-refractivity contribution in [1.82, 2.24) is 4.90 Å². The van der Waals surface area contributed by atoms with Gasteiger partial charge in [0.05, 0.1) is 6.54 Å². The van der Waals surface area contributed by atoms with Gasteiger partial charge in [0, 0.05) is 17.1 Å². The molecule has 1 heterocycles. The van der Waals surface area contributed by atoms with Crippen LogP contribution in [0.1, 0.15) is 11.1 Å². The summed E-state index contributed by atoms with van der Waals surface area (Å²) < 4.78 is 0. The maximum atomic E-state index is 11.9. The van der Waals surface area contributed by atoms with Crippen LogP contribution in [0.25, 0.3) is 0 Å². The van der Waals surface area contributed by atoms with Gasteiger partial charge in [-0.25, -0.2) is 0 Å². The molecule has 0 aliphatic carbocycles. The Kier molecular flexibility index (Phi) is 4.11. The van der Waals surface area contributed by atoms with Gasteiger partial charge in [-0.1, -0.05) is 24.3 Å². The molecular formula is C18H21N3O. The summed E-state index contributed by atoms with van der Waals surface area (Å²) in [6.45, 7) is 0.382. The summed E-state index contributed by atoms with van der Waals surface area (Å²) in [7, 11) is 3.77. The number of anilines is 3. The molecule has 0 fully saturated rings. The third kappa shape index (κ3) is 3.28. The zero-order valence-corrected chi connectivity index (χ0v) is 13.0. The van der Waals surface area contributed by atoms with Gasteiger partial charge >= 0.3 is 0 Å². The molecule has 2 aromatic carbocycles. The van der Waals surface area contributed by atoms with Crippen LogP contribution in [0.2, 0.25) is 0 Å². The Morgan fingerprint density at radius 3 is 2.59 bits per heavy atom. The third-order valence-electron chi connectivity index (χ3n) is 3.80. The molecule has 2 aromatic rings. The van der Waals surface area contributed by atoms with Gasteiger partial charge in [-0.3, -0.25) is 4.79 Å². The first-order valence-electron chi connectivity index (χ1n) is 7.54. The molecular weight excluding hydrogens is 274 g/mol. The zero-order chi connectivity index (χ0) is 15.5. The summed E-state index contributed by atoms with van der Waals surface area (Å²) in [6, 6.07) is 14.5. The fraction of sp³-hybridized carbons (Fsp3) is 0.278. The predicted octanol–water partition coefficient (Wildman–Crippen LogP) is 3.03. The van der Waals surface area contributed by atoms with Crippen molar-refractivity contribution in [1.29, 1.82) is 0 Å². The zero-order valence-electron chi connectivity index (χ0n) is 13.0. The smallest absolute Gasteiger partial charge is 0.238 e. The van der Waals surface area contributed by atoms with Gasteiger partial charge < -0.3 is 15.5 Å². The molecule has 4 heteroatoms. The van der Waals surface area contributed by atoms with E-state index in [9.17, 15) is 4.79 Å². The van der Waals surface area contributed by atoms with E-state index >= 15 is 0 Å². The Morgan fingerprint density at radius 2 is 1.82 bits per heavy atom. The SMILES string of the molecule is CN(C)CC(=O)Nc1ccc2c(c1)Nc1ccccc1CC2. The maximum Gasteiger partial charge on any atom is 0.238 e. The first-order chi connectivity index (χ1) is 10.6. The molecule has 1 aliphatic rings. The fourth-order valence-electron chi connectivity index (χ4n) is 2.75. The van der Waals surface area contributed by atoms with E-state index in [1.807, 2.05) is 37.2 Å². The molecule has 0 spiro atoms. The van der Waals surface area contributed by atoms with E-state index in [0.29, 0.717) is 6.54 Å². The number of para-hydroxylation sites is 1. The lowest BCUT2D eigenvalue weighted by Crippen LogP contribution is -2.27. The molecule has 0 bridgehead atoms. The summed E-state index contributed by atoms with van der Waals surface area (Å²) in [4.78, 5) is 13.7. The van der Waals surface area contributed by atoms with Gasteiger partial charge in [-0.05, 0) is 56.3 Å². The number of rotatable bonds is 3. The first kappa shape index (κ1) is 14.6. The highest BCUT2D eigenvalue weighted by Gasteiger charge is 2.13. The molecule has 0 atom stereocenters. The van der Waals surface area contributed by atoms with Crippen molar-refractivity contribution >= 4 is 23.0 Å². The number of nitrogens with zero attached hydrogens (tertiary/aromatic N) is 1. The highest BCUT2D eigenvalue weighted by molar-refractivity contribution is 5.93. The lowest BCUT2D eigenvalue weighted by atomic mass is 10.0. The van der Waals surface area contributed by atoms with Gasteiger partial charge in [0.25, 0.3) is 0 Å². The van der Waals surface area contributed by atoms with Crippen LogP contribution in [0.4, 0.5) is 17.1 Å². The van der Waals surface area contributed by atoms with Crippen molar-refractivity contribution in [3.63, 3.8) is 0 Å². The third-order valence-corrected chi connectivity index (χ3v) is 3.80. The van der Waals surface area contributed by atoms with Gasteiger partial charge in [-0.2, -0.15) is 0 Å². The maximum absolute atomic E-state index is 11.9. The fourth-order valence-corrected chi connectivity index (χ4v) is 2.75. The average Bonchev–Trinajstić information content (AvgIpc) is 2.64. The van der Waals surface area contributed by atoms with E-state index in [0.717, 1.165) is 29.9 Å². The monoisotopic (exact) mass is 295 g/mol. The Morgan fingerprint density at radius 1 is 1.09 bits per heavy atom. The largest absolute Gasteiger partial charge is 0.355 e. The lowest BCUT2D eigenvalue weighted by molar-refractivity contribution is -0.116. The van der Waals surface area contributed by atoms with Crippen LogP contribution >= 0.6 is 0 Å². The summed E-state index contributed by atoms with van der Waals surface area (Å²) in [5.41, 5.74) is 5.67. The minimum absolute atomic E-state index is 0.000952. The quantitative estimate of drug-likeness (QED) is 0.915. The molecule has 1 amide bonds. The van der Waals surface area contributed by atoms with Crippen molar-refractivity contribution in [2.75, 3.05) is 31.3 Å². The predicted molar refractivity (Wildman–Crippen MR) is 90.8 cm³/mol. The summed E-state index contributed by atoms with van der Waals surface area (Å²) in [5.74, 6) is -0.000952. The second-order valence-corrected chi connectivity index (χ2v) is 5.94. The molecule has 0 aromatic heterocycles. The lowest BCUT2D eigenvalue weighted by Gasteiger charge is -2.13. The number of amides is 1. The summed E-state index contributed by atoms with van der Waals surface area (Å²) >= 11 is 0. The number of hydrogen-bond donors (Lipinski definition) is 2. The second-order valence-electron chi connectivity index (χ2n) is 5.94. The number of aryl methyl sites for hydroxylation is 2. The standard InChI is InChI=1S/C18H21N3O/c1-21(2)12-18(22)19-15-10-9-14-8-7-13-5-3-4-6-16(13)20-17(14)11-15/h3-6,9-11,20H,7-8,12H2,1-2H3,(H,19,22). The highest BCUT2D eigenvalue weighted by atomic mass is 16.2. The van der Waals surface area contributed by atoms with E-state index in [1.165, 1.54) is 11.1 Å². The van der Waals surface area contributed by atoms with Crippen LogP contribution in [0.5, 0.6) is 0 Å². The van der Waals surface area contributed by atoms with E-state index in [4.69, 9.17) is 0 Å². The normalized spacial score (nSPS) is 12.9. The molecule has 2 N–H and O–H groups in total. The Labute approximate surface area is 131 Å². The highest BCUT2D eigenvalue weighted by Crippen LogP contribution is 2.31. The van der Waals surface area contributed by atoms with Crippen LogP contribution < -0.4 is 10.6 Å². The van der Waals surface area contributed by atoms with Crippen LogP contribution in [-0.4, -0.2) is 31.4 Å². The number of carbonyl (C=O) groups excluding carboxylic acids is 1. The summed E-state index contributed by atoms with van der Waals surface area (Å²) in [6.07, 6.45) is 2.04. The number of nitrogens with one attached hydrogen (secondary N) is 2. The molecule has 0 unspecified atom stereocenters. The van der Waals surface area contributed by atoms with Crippen molar-refractivity contribution in [3.05, 3.63) is 53.6 Å². The minimum atomic E-state index is -0.000952. The van der Waals surface area contributed by atoms with Gasteiger partial charge in [0.15, 0.2) is 0 Å². The van der Waals surface area contributed by atoms with Crippen molar-refractivity contribution in [2.45, 2.75) is 12.8 Å². The molecule has 22 heavy (non-hydrogen) atoms. The van der Waals surface area contributed by atoms with E-state index in [-0.39, 0.29) is 5.91 Å². The number of carbonyl (C=O) groups is 1. The number of benzene rings is 2. The van der Waals surface area contributed by atoms with E-state index in [1.54, 1.807) is 0 Å². The molecule has 0 saturated heterocycles. The Balaban J connectivity index is 1.82. The van der Waals surface area contributed by atoms with Gasteiger partial charge in [0.1, 0.15) is 0 Å². The van der Waals surface area contributed by atoms with Crippen LogP contribution in [0, 0.1) is 0 Å². The number of likely N-dealkylation sites (N-methyl/N-ethyl adjacent to an activating group) is 1. The molecule has 114 valence electrons. The second kappa shape index (κ2) is 6.20. The average molecular weight is 295 g/mol. The van der Waals surface area contributed by atoms with Crippen molar-refractivity contribution in [2.24, 2.45) is 0 Å². The number of hydrogen-bond acceptors (Lipinski definition) is 3. The van der Waals surface area contributed by atoms with Gasteiger partial charge in [0.2, 0.25) is 5.91 Å². The molecule has 4 nitrogen and oxygen atoms in total. The minimum Gasteiger partial charge on any atom is -0.355 e. The Bertz CT molecular complexity index is 694. The Hall–Kier alpha value is -2.33. The molecule has 0 radical (unpaired) electrons. The molecule has 1 aliphatic heterocycles. The molecule has 3 rings (SSSR count). The number of fused-ring (bicyclic) bond motifs is 2. The van der Waals surface area contributed by atoms with E-state index in [2.05, 4.69) is 34.9 Å². The summed E-state index contributed by atoms with van der Waals surface area (Å²) in [5, 5.41) is 6.44. The first-order valence-corrected chi connectivity index (χ1v) is 7.54. The van der Waals surface area contributed by atoms with Crippen molar-refractivity contribution in [3.8, 4) is 0 Å². The van der Waals surface area contributed by atoms with Gasteiger partial charge in [-0.15, -0.1) is 0 Å². The van der Waals surface area contributed by atoms with Crippen LogP contribution in [0.3, 0.4) is 0 Å².